The van der Waals surface area contributed by atoms with E-state index in [1.54, 1.807) is 31.3 Å². The van der Waals surface area contributed by atoms with E-state index in [9.17, 15) is 19.2 Å². The Hall–Kier alpha value is -3.16. The molecule has 1 aliphatic rings. The molecule has 0 spiro atoms. The van der Waals surface area contributed by atoms with Crippen LogP contribution in [-0.4, -0.2) is 32.5 Å². The molecular weight excluding hydrogens is 374 g/mol. The number of piperidine rings is 1. The average molecular weight is 399 g/mol. The Morgan fingerprint density at radius 1 is 1.28 bits per heavy atom. The molecule has 154 valence electrons. The summed E-state index contributed by atoms with van der Waals surface area (Å²) in [5.74, 6) is -1.14. The van der Waals surface area contributed by atoms with E-state index in [0.717, 1.165) is 5.56 Å². The molecule has 2 aromatic rings. The topological polar surface area (TPSA) is 99.4 Å². The number of benzene rings is 1. The number of nitrogens with zero attached hydrogens (tertiary/aromatic N) is 2. The number of ether oxygens (including phenoxy) is 1. The smallest absolute Gasteiger partial charge is 0.329 e. The Morgan fingerprint density at radius 2 is 2.00 bits per heavy atom. The van der Waals surface area contributed by atoms with E-state index in [-0.39, 0.29) is 36.8 Å². The first-order valence-electron chi connectivity index (χ1n) is 9.50. The van der Waals surface area contributed by atoms with Gasteiger partial charge < -0.3 is 4.74 Å². The molecule has 29 heavy (non-hydrogen) atoms. The lowest BCUT2D eigenvalue weighted by atomic mass is 10.1. The Balaban J connectivity index is 1.95. The second-order valence-corrected chi connectivity index (χ2v) is 8.09. The van der Waals surface area contributed by atoms with Crippen molar-refractivity contribution in [2.75, 3.05) is 0 Å². The lowest BCUT2D eigenvalue weighted by Gasteiger charge is -2.21. The van der Waals surface area contributed by atoms with Crippen molar-refractivity contribution < 1.29 is 19.1 Å². The van der Waals surface area contributed by atoms with Crippen LogP contribution in [0.1, 0.15) is 51.6 Å². The number of fused-ring (bicyclic) bond motifs is 1. The summed E-state index contributed by atoms with van der Waals surface area (Å²) < 4.78 is 8.20. The summed E-state index contributed by atoms with van der Waals surface area (Å²) in [5, 5.41) is 2.30. The molecule has 0 radical (unpaired) electrons. The highest BCUT2D eigenvalue weighted by molar-refractivity contribution is 6.00. The lowest BCUT2D eigenvalue weighted by Crippen LogP contribution is -2.44. The van der Waals surface area contributed by atoms with Crippen molar-refractivity contribution in [2.24, 2.45) is 7.05 Å². The highest BCUT2D eigenvalue weighted by Crippen LogP contribution is 2.25. The van der Waals surface area contributed by atoms with Crippen LogP contribution in [0.25, 0.3) is 17.1 Å². The van der Waals surface area contributed by atoms with Gasteiger partial charge in [-0.2, -0.15) is 0 Å². The van der Waals surface area contributed by atoms with Crippen molar-refractivity contribution in [3.8, 4) is 0 Å². The number of aromatic nitrogens is 2. The Morgan fingerprint density at radius 3 is 2.66 bits per heavy atom. The van der Waals surface area contributed by atoms with Gasteiger partial charge in [0.2, 0.25) is 11.8 Å². The highest BCUT2D eigenvalue weighted by Gasteiger charge is 2.31. The van der Waals surface area contributed by atoms with Gasteiger partial charge in [-0.25, -0.2) is 4.79 Å². The van der Waals surface area contributed by atoms with Crippen LogP contribution >= 0.6 is 0 Å². The molecule has 8 nitrogen and oxygen atoms in total. The zero-order chi connectivity index (χ0) is 21.3. The molecule has 0 aliphatic carbocycles. The van der Waals surface area contributed by atoms with Crippen molar-refractivity contribution in [1.29, 1.82) is 0 Å². The van der Waals surface area contributed by atoms with Gasteiger partial charge in [-0.05, 0) is 33.3 Å². The standard InChI is InChI=1S/C21H25N3O5/c1-21(2,3)29-17(26)10-6-8-13-7-5-9-14-18(13)23(4)20(28)24(14)15-11-12-16(25)22-19(15)27/h5-9,15H,10-12H2,1-4H3,(H,22,25,27)/b8-6+. The van der Waals surface area contributed by atoms with Crippen LogP contribution in [0.2, 0.25) is 0 Å². The first-order chi connectivity index (χ1) is 13.6. The maximum absolute atomic E-state index is 12.9. The predicted octanol–water partition coefficient (Wildman–Crippen LogP) is 2.06. The van der Waals surface area contributed by atoms with Gasteiger partial charge in [-0.1, -0.05) is 24.3 Å². The number of carbonyl (C=O) groups excluding carboxylic acids is 3. The summed E-state index contributed by atoms with van der Waals surface area (Å²) in [6.07, 6.45) is 4.03. The fourth-order valence-corrected chi connectivity index (χ4v) is 3.50. The van der Waals surface area contributed by atoms with Gasteiger partial charge in [0.05, 0.1) is 17.5 Å². The number of rotatable bonds is 4. The molecule has 1 aromatic carbocycles. The molecular formula is C21H25N3O5. The van der Waals surface area contributed by atoms with E-state index in [4.69, 9.17) is 4.74 Å². The van der Waals surface area contributed by atoms with Crippen LogP contribution in [0, 0.1) is 0 Å². The van der Waals surface area contributed by atoms with Crippen molar-refractivity contribution in [2.45, 2.75) is 51.7 Å². The van der Waals surface area contributed by atoms with E-state index in [1.807, 2.05) is 26.8 Å². The largest absolute Gasteiger partial charge is 0.460 e. The molecule has 1 unspecified atom stereocenters. The molecule has 2 amide bonds. The van der Waals surface area contributed by atoms with Crippen molar-refractivity contribution in [3.05, 3.63) is 40.3 Å². The number of amides is 2. The third kappa shape index (κ3) is 4.31. The second kappa shape index (κ2) is 7.69. The molecule has 1 fully saturated rings. The lowest BCUT2D eigenvalue weighted by molar-refractivity contribution is -0.153. The van der Waals surface area contributed by atoms with Crippen molar-refractivity contribution in [3.63, 3.8) is 0 Å². The third-order valence-corrected chi connectivity index (χ3v) is 4.66. The average Bonchev–Trinajstić information content (AvgIpc) is 2.86. The zero-order valence-corrected chi connectivity index (χ0v) is 17.0. The summed E-state index contributed by atoms with van der Waals surface area (Å²) in [7, 11) is 1.64. The molecule has 0 saturated carbocycles. The number of hydrogen-bond donors (Lipinski definition) is 1. The van der Waals surface area contributed by atoms with E-state index in [0.29, 0.717) is 11.0 Å². The molecule has 1 saturated heterocycles. The summed E-state index contributed by atoms with van der Waals surface area (Å²) in [4.78, 5) is 48.5. The fraction of sp³-hybridized carbons (Fsp3) is 0.429. The first-order valence-corrected chi connectivity index (χ1v) is 9.50. The van der Waals surface area contributed by atoms with Gasteiger partial charge >= 0.3 is 11.7 Å². The normalized spacial score (nSPS) is 17.7. The zero-order valence-electron chi connectivity index (χ0n) is 17.0. The number of hydrogen-bond acceptors (Lipinski definition) is 5. The molecule has 1 aliphatic heterocycles. The van der Waals surface area contributed by atoms with Crippen LogP contribution in [0.4, 0.5) is 0 Å². The number of para-hydroxylation sites is 1. The van der Waals surface area contributed by atoms with Crippen LogP contribution in [0.3, 0.4) is 0 Å². The Labute approximate surface area is 168 Å². The van der Waals surface area contributed by atoms with E-state index in [1.165, 1.54) is 9.13 Å². The molecule has 1 aromatic heterocycles. The third-order valence-electron chi connectivity index (χ3n) is 4.66. The van der Waals surface area contributed by atoms with Crippen molar-refractivity contribution in [1.82, 2.24) is 14.5 Å². The number of carbonyl (C=O) groups is 3. The first kappa shape index (κ1) is 20.6. The van der Waals surface area contributed by atoms with Gasteiger partial charge in [0.15, 0.2) is 0 Å². The number of imidazole rings is 1. The van der Waals surface area contributed by atoms with Crippen LogP contribution in [-0.2, 0) is 26.2 Å². The maximum atomic E-state index is 12.9. The minimum Gasteiger partial charge on any atom is -0.460 e. The number of aryl methyl sites for hydroxylation is 1. The Kier molecular flexibility index (Phi) is 5.46. The van der Waals surface area contributed by atoms with Crippen molar-refractivity contribution >= 4 is 34.9 Å². The van der Waals surface area contributed by atoms with Crippen LogP contribution in [0.5, 0.6) is 0 Å². The summed E-state index contributed by atoms with van der Waals surface area (Å²) in [5.41, 5.74) is 1.13. The second-order valence-electron chi connectivity index (χ2n) is 8.09. The predicted molar refractivity (Wildman–Crippen MR) is 108 cm³/mol. The SMILES string of the molecule is Cn1c(=O)n(C2CCC(=O)NC2=O)c2cccc(/C=C/CC(=O)OC(C)(C)C)c21. The molecule has 1 N–H and O–H groups in total. The van der Waals surface area contributed by atoms with Crippen LogP contribution in [0.15, 0.2) is 29.1 Å². The van der Waals surface area contributed by atoms with Gasteiger partial charge in [-0.15, -0.1) is 0 Å². The minimum atomic E-state index is -0.732. The van der Waals surface area contributed by atoms with Gasteiger partial charge in [0.1, 0.15) is 11.6 Å². The van der Waals surface area contributed by atoms with Crippen LogP contribution < -0.4 is 11.0 Å². The molecule has 3 rings (SSSR count). The van der Waals surface area contributed by atoms with Gasteiger partial charge in [0.25, 0.3) is 0 Å². The molecule has 2 heterocycles. The molecule has 8 heteroatoms. The highest BCUT2D eigenvalue weighted by atomic mass is 16.6. The summed E-state index contributed by atoms with van der Waals surface area (Å²) >= 11 is 0. The number of imide groups is 1. The number of nitrogens with one attached hydrogen (secondary N) is 1. The van der Waals surface area contributed by atoms with Gasteiger partial charge in [-0.3, -0.25) is 28.8 Å². The minimum absolute atomic E-state index is 0.107. The van der Waals surface area contributed by atoms with E-state index in [2.05, 4.69) is 5.32 Å². The fourth-order valence-electron chi connectivity index (χ4n) is 3.50. The van der Waals surface area contributed by atoms with Gasteiger partial charge in [0, 0.05) is 19.0 Å². The van der Waals surface area contributed by atoms with E-state index >= 15 is 0 Å². The summed E-state index contributed by atoms with van der Waals surface area (Å²) in [6, 6.07) is 4.66. The quantitative estimate of drug-likeness (QED) is 0.627. The summed E-state index contributed by atoms with van der Waals surface area (Å²) in [6.45, 7) is 5.43. The monoisotopic (exact) mass is 399 g/mol. The van der Waals surface area contributed by atoms with E-state index < -0.39 is 17.6 Å². The Bertz CT molecular complexity index is 1070. The molecule has 1 atom stereocenters. The maximum Gasteiger partial charge on any atom is 0.329 e. The molecule has 0 bridgehead atoms. The number of esters is 1.